The molecule has 0 atom stereocenters. The fourth-order valence-corrected chi connectivity index (χ4v) is 2.90. The predicted octanol–water partition coefficient (Wildman–Crippen LogP) is 3.68. The van der Waals surface area contributed by atoms with E-state index in [9.17, 15) is 4.79 Å². The molecule has 0 spiro atoms. The molecular weight excluding hydrogens is 340 g/mol. The minimum atomic E-state index is -0.146. The number of methoxy groups -OCH3 is 1. The van der Waals surface area contributed by atoms with E-state index in [0.29, 0.717) is 28.8 Å². The van der Waals surface area contributed by atoms with Crippen LogP contribution in [0.3, 0.4) is 0 Å². The van der Waals surface area contributed by atoms with Crippen LogP contribution in [0, 0.1) is 0 Å². The third-order valence-corrected chi connectivity index (χ3v) is 4.26. The largest absolute Gasteiger partial charge is 0.497 e. The summed E-state index contributed by atoms with van der Waals surface area (Å²) in [5.74, 6) is 1.29. The van der Waals surface area contributed by atoms with Gasteiger partial charge in [0.25, 0.3) is 5.56 Å². The molecule has 0 aliphatic rings. The van der Waals surface area contributed by atoms with Crippen molar-refractivity contribution in [2.75, 3.05) is 12.4 Å². The highest BCUT2D eigenvalue weighted by Crippen LogP contribution is 2.20. The summed E-state index contributed by atoms with van der Waals surface area (Å²) in [6, 6.07) is 12.9. The van der Waals surface area contributed by atoms with Crippen LogP contribution in [-0.4, -0.2) is 22.1 Å². The standard InChI is InChI=1S/C18H15ClN4O2/c1-25-13-4-2-10-6-11(17(24)21-15(10)8-13)9-20-18-22-14-5-3-12(19)7-16(14)23-18/h2-8H,9H2,1H3,(H,21,24)(H2,20,22,23). The Kier molecular flexibility index (Phi) is 3.82. The fourth-order valence-electron chi connectivity index (χ4n) is 2.73. The zero-order chi connectivity index (χ0) is 17.4. The van der Waals surface area contributed by atoms with Crippen molar-refractivity contribution in [2.45, 2.75) is 6.54 Å². The average molecular weight is 355 g/mol. The van der Waals surface area contributed by atoms with Crippen molar-refractivity contribution in [3.63, 3.8) is 0 Å². The Balaban J connectivity index is 1.61. The number of hydrogen-bond acceptors (Lipinski definition) is 4. The average Bonchev–Trinajstić information content (AvgIpc) is 3.01. The van der Waals surface area contributed by atoms with Crippen LogP contribution >= 0.6 is 11.6 Å². The van der Waals surface area contributed by atoms with Gasteiger partial charge in [-0.25, -0.2) is 4.98 Å². The monoisotopic (exact) mass is 354 g/mol. The lowest BCUT2D eigenvalue weighted by atomic mass is 10.1. The molecule has 4 aromatic rings. The number of pyridine rings is 1. The quantitative estimate of drug-likeness (QED) is 0.522. The Bertz CT molecular complexity index is 1130. The number of aromatic nitrogens is 3. The maximum Gasteiger partial charge on any atom is 0.253 e. The Morgan fingerprint density at radius 3 is 2.84 bits per heavy atom. The van der Waals surface area contributed by atoms with Gasteiger partial charge < -0.3 is 20.0 Å². The molecule has 2 aromatic carbocycles. The van der Waals surface area contributed by atoms with Crippen molar-refractivity contribution < 1.29 is 4.74 Å². The summed E-state index contributed by atoms with van der Waals surface area (Å²) in [5.41, 5.74) is 2.87. The second-order valence-corrected chi connectivity index (χ2v) is 6.11. The molecule has 2 heterocycles. The summed E-state index contributed by atoms with van der Waals surface area (Å²) in [6.45, 7) is 0.352. The summed E-state index contributed by atoms with van der Waals surface area (Å²) < 4.78 is 5.18. The molecule has 0 aliphatic carbocycles. The van der Waals surface area contributed by atoms with E-state index < -0.39 is 0 Å². The van der Waals surface area contributed by atoms with Crippen LogP contribution in [0.25, 0.3) is 21.9 Å². The van der Waals surface area contributed by atoms with Crippen LogP contribution in [0.1, 0.15) is 5.56 Å². The van der Waals surface area contributed by atoms with Crippen LogP contribution in [0.5, 0.6) is 5.75 Å². The van der Waals surface area contributed by atoms with E-state index in [1.807, 2.05) is 30.3 Å². The fraction of sp³-hybridized carbons (Fsp3) is 0.111. The number of imidazole rings is 1. The zero-order valence-corrected chi connectivity index (χ0v) is 14.1. The third-order valence-electron chi connectivity index (χ3n) is 4.02. The number of fused-ring (bicyclic) bond motifs is 2. The van der Waals surface area contributed by atoms with Crippen molar-refractivity contribution in [3.8, 4) is 5.75 Å². The third kappa shape index (κ3) is 3.04. The Labute approximate surface area is 147 Å². The first kappa shape index (κ1) is 15.5. The molecule has 0 saturated heterocycles. The van der Waals surface area contributed by atoms with Crippen LogP contribution in [-0.2, 0) is 6.54 Å². The van der Waals surface area contributed by atoms with Crippen LogP contribution in [0.2, 0.25) is 5.02 Å². The number of halogens is 1. The van der Waals surface area contributed by atoms with Crippen molar-refractivity contribution in [2.24, 2.45) is 0 Å². The Morgan fingerprint density at radius 1 is 1.12 bits per heavy atom. The van der Waals surface area contributed by atoms with Gasteiger partial charge in [0.1, 0.15) is 5.75 Å². The minimum Gasteiger partial charge on any atom is -0.497 e. The van der Waals surface area contributed by atoms with Gasteiger partial charge >= 0.3 is 0 Å². The van der Waals surface area contributed by atoms with Gasteiger partial charge in [0.2, 0.25) is 5.95 Å². The van der Waals surface area contributed by atoms with E-state index in [0.717, 1.165) is 21.9 Å². The van der Waals surface area contributed by atoms with E-state index in [1.54, 1.807) is 19.2 Å². The number of benzene rings is 2. The summed E-state index contributed by atoms with van der Waals surface area (Å²) in [5, 5.41) is 4.72. The normalized spacial score (nSPS) is 11.1. The zero-order valence-electron chi connectivity index (χ0n) is 13.4. The number of nitrogens with zero attached hydrogens (tertiary/aromatic N) is 1. The number of nitrogens with one attached hydrogen (secondary N) is 3. The summed E-state index contributed by atoms with van der Waals surface area (Å²) in [7, 11) is 1.60. The van der Waals surface area contributed by atoms with Crippen molar-refractivity contribution in [1.29, 1.82) is 0 Å². The molecule has 4 rings (SSSR count). The lowest BCUT2D eigenvalue weighted by molar-refractivity contribution is 0.415. The molecular formula is C18H15ClN4O2. The van der Waals surface area contributed by atoms with Crippen molar-refractivity contribution >= 4 is 39.5 Å². The number of rotatable bonds is 4. The van der Waals surface area contributed by atoms with Crippen molar-refractivity contribution in [3.05, 3.63) is 63.4 Å². The van der Waals surface area contributed by atoms with Gasteiger partial charge in [0.05, 0.1) is 23.7 Å². The van der Waals surface area contributed by atoms with Crippen LogP contribution in [0.15, 0.2) is 47.3 Å². The van der Waals surface area contributed by atoms with Crippen LogP contribution in [0.4, 0.5) is 5.95 Å². The Hall–Kier alpha value is -2.99. The first-order valence-electron chi connectivity index (χ1n) is 7.71. The maximum atomic E-state index is 12.3. The second-order valence-electron chi connectivity index (χ2n) is 5.68. The number of H-pyrrole nitrogens is 2. The predicted molar refractivity (Wildman–Crippen MR) is 99.6 cm³/mol. The van der Waals surface area contributed by atoms with E-state index in [-0.39, 0.29) is 5.56 Å². The molecule has 0 bridgehead atoms. The number of anilines is 1. The molecule has 0 radical (unpaired) electrons. The van der Waals surface area contributed by atoms with Gasteiger partial charge in [-0.05, 0) is 41.8 Å². The van der Waals surface area contributed by atoms with Crippen LogP contribution < -0.4 is 15.6 Å². The molecule has 126 valence electrons. The van der Waals surface area contributed by atoms with E-state index >= 15 is 0 Å². The highest BCUT2D eigenvalue weighted by Gasteiger charge is 2.07. The van der Waals surface area contributed by atoms with Gasteiger partial charge in [0, 0.05) is 23.2 Å². The molecule has 0 fully saturated rings. The molecule has 3 N–H and O–H groups in total. The smallest absolute Gasteiger partial charge is 0.253 e. The van der Waals surface area contributed by atoms with E-state index in [4.69, 9.17) is 16.3 Å². The van der Waals surface area contributed by atoms with E-state index in [1.165, 1.54) is 0 Å². The first-order valence-corrected chi connectivity index (χ1v) is 8.09. The molecule has 0 saturated carbocycles. The molecule has 0 aliphatic heterocycles. The first-order chi connectivity index (χ1) is 12.1. The molecule has 0 unspecified atom stereocenters. The molecule has 25 heavy (non-hydrogen) atoms. The molecule has 7 heteroatoms. The Morgan fingerprint density at radius 2 is 2.00 bits per heavy atom. The number of aromatic amines is 2. The molecule has 0 amide bonds. The van der Waals surface area contributed by atoms with Gasteiger partial charge in [-0.2, -0.15) is 0 Å². The molecule has 6 nitrogen and oxygen atoms in total. The van der Waals surface area contributed by atoms with Gasteiger partial charge in [0.15, 0.2) is 0 Å². The number of ether oxygens (including phenoxy) is 1. The highest BCUT2D eigenvalue weighted by atomic mass is 35.5. The minimum absolute atomic E-state index is 0.146. The van der Waals surface area contributed by atoms with Crippen molar-refractivity contribution in [1.82, 2.24) is 15.0 Å². The lowest BCUT2D eigenvalue weighted by Crippen LogP contribution is -2.16. The summed E-state index contributed by atoms with van der Waals surface area (Å²) >= 11 is 5.98. The maximum absolute atomic E-state index is 12.3. The number of hydrogen-bond donors (Lipinski definition) is 3. The van der Waals surface area contributed by atoms with Gasteiger partial charge in [-0.15, -0.1) is 0 Å². The summed E-state index contributed by atoms with van der Waals surface area (Å²) in [6.07, 6.45) is 0. The van der Waals surface area contributed by atoms with Gasteiger partial charge in [-0.1, -0.05) is 11.6 Å². The second kappa shape index (κ2) is 6.14. The highest BCUT2D eigenvalue weighted by molar-refractivity contribution is 6.31. The summed E-state index contributed by atoms with van der Waals surface area (Å²) in [4.78, 5) is 22.7. The van der Waals surface area contributed by atoms with E-state index in [2.05, 4.69) is 20.3 Å². The topological polar surface area (TPSA) is 82.8 Å². The SMILES string of the molecule is COc1ccc2cc(CNc3nc4ccc(Cl)cc4[nH]3)c(=O)[nH]c2c1. The van der Waals surface area contributed by atoms with Gasteiger partial charge in [-0.3, -0.25) is 4.79 Å². The lowest BCUT2D eigenvalue weighted by Gasteiger charge is -2.06. The molecule has 2 aromatic heterocycles.